The molecule has 0 aromatic heterocycles. The van der Waals surface area contributed by atoms with Gasteiger partial charge in [-0.05, 0) is 0 Å². The average molecular weight is 1320 g/mol. The van der Waals surface area contributed by atoms with Crippen LogP contribution in [0.25, 0.3) is 0 Å². The van der Waals surface area contributed by atoms with Crippen LogP contribution in [-0.2, 0) is 71.1 Å². The Hall–Kier alpha value is -1.64. The zero-order valence-electron chi connectivity index (χ0n) is 46.9. The summed E-state index contributed by atoms with van der Waals surface area (Å²) >= 11 is 0. The highest BCUT2D eigenvalue weighted by atomic mass is 16.9. The minimum atomic E-state index is -3.08. The van der Waals surface area contributed by atoms with Crippen LogP contribution in [0.1, 0.15) is 0 Å². The van der Waals surface area contributed by atoms with Gasteiger partial charge >= 0.3 is 0 Å². The highest BCUT2D eigenvalue weighted by molar-refractivity contribution is 5.07. The van der Waals surface area contributed by atoms with Crippen molar-refractivity contribution in [3.8, 4) is 0 Å². The fourth-order valence-corrected chi connectivity index (χ4v) is 11.7. The van der Waals surface area contributed by atoms with Gasteiger partial charge in [-0.15, -0.1) is 0 Å². The molecule has 8 saturated heterocycles. The van der Waals surface area contributed by atoms with E-state index in [1.54, 1.807) is 0 Å². The van der Waals surface area contributed by atoms with Crippen LogP contribution in [0.15, 0.2) is 0 Å². The molecule has 0 saturated carbocycles. The minimum Gasteiger partial charge on any atom is -0.394 e. The van der Waals surface area contributed by atoms with Crippen LogP contribution in [0.4, 0.5) is 0 Å². The molecule has 0 aliphatic carbocycles. The largest absolute Gasteiger partial charge is 0.394 e. The Morgan fingerprint density at radius 2 is 0.427 bits per heavy atom. The van der Waals surface area contributed by atoms with Crippen molar-refractivity contribution in [1.82, 2.24) is 0 Å². The molecule has 520 valence electrons. The molecule has 33 atom stereocenters. The van der Waals surface area contributed by atoms with Gasteiger partial charge in [0.1, 0.15) is 199 Å². The SMILES string of the molecule is OC[C@H]1O[C@@](CO[C@]2(CO[C@]3(CO[C@]4(CO[C@]5(CO[C@]6(CO)O[C@H](CO)[C@@H](O)[C@@H]6O)O[C@H](CO)[C@@H](O)[C@@H]5O)O[C@H](CO)[C@@H](O)[C@@H]4O)O[C@H](CO)[C@@H](O)[C@@H]3O)O[C@H](CO)[C@@H](O)C2O)(OC[C@@]2(O[C@H]3O[C@H](CO)[C@@H](O)[C@H](O)[C@H]3O)O[C@H](CO)[C@@H](O)[C@@H]2O)[C@@H](O)C1O. The van der Waals surface area contributed by atoms with Crippen molar-refractivity contribution < 1.29 is 204 Å². The quantitative estimate of drug-likeness (QED) is 0.0331. The van der Waals surface area contributed by atoms with Gasteiger partial charge in [0.15, 0.2) is 6.29 Å². The molecule has 41 heteroatoms. The van der Waals surface area contributed by atoms with Gasteiger partial charge in [-0.1, -0.05) is 0 Å². The molecule has 0 radical (unpaired) electrons. The number of ether oxygens (including phenoxy) is 15. The van der Waals surface area contributed by atoms with Crippen molar-refractivity contribution in [3.05, 3.63) is 0 Å². The first-order valence-electron chi connectivity index (χ1n) is 27.9. The molecule has 8 heterocycles. The lowest BCUT2D eigenvalue weighted by atomic mass is 9.99. The second-order valence-corrected chi connectivity index (χ2v) is 22.8. The zero-order valence-corrected chi connectivity index (χ0v) is 46.9. The first-order chi connectivity index (χ1) is 42.0. The predicted molar refractivity (Wildman–Crippen MR) is 265 cm³/mol. The molecule has 0 spiro atoms. The summed E-state index contributed by atoms with van der Waals surface area (Å²) in [5, 5.41) is 281. The summed E-state index contributed by atoms with van der Waals surface area (Å²) in [6, 6.07) is 0. The van der Waals surface area contributed by atoms with Crippen molar-refractivity contribution in [2.45, 2.75) is 199 Å². The molecule has 8 aliphatic rings. The zero-order chi connectivity index (χ0) is 65.7. The molecule has 8 aliphatic heterocycles. The van der Waals surface area contributed by atoms with E-state index in [1.807, 2.05) is 0 Å². The molecular formula is C48H82O41. The summed E-state index contributed by atoms with van der Waals surface area (Å²) in [5.41, 5.74) is 0. The second kappa shape index (κ2) is 28.6. The van der Waals surface area contributed by atoms with Crippen molar-refractivity contribution in [2.75, 3.05) is 99.1 Å². The Kier molecular flexibility index (Phi) is 23.5. The fraction of sp³-hybridized carbons (Fsp3) is 1.00. The lowest BCUT2D eigenvalue weighted by Crippen LogP contribution is -2.64. The number of hydrogen-bond acceptors (Lipinski definition) is 41. The smallest absolute Gasteiger partial charge is 0.224 e. The highest BCUT2D eigenvalue weighted by Crippen LogP contribution is 2.46. The van der Waals surface area contributed by atoms with E-state index in [0.717, 1.165) is 0 Å². The highest BCUT2D eigenvalue weighted by Gasteiger charge is 2.68. The summed E-state index contributed by atoms with van der Waals surface area (Å²) in [7, 11) is 0. The van der Waals surface area contributed by atoms with Crippen LogP contribution >= 0.6 is 0 Å². The standard InChI is InChI=1S/C48H82O41/c49-1-16-24(58)32(66)33(67)41(81-16)89-48(40(74)31(65)23(8-56)88-48)15-80-47(39(73)30(64)22(7-55)87-47)14-79-46(38(72)29(63)21(6-54)86-46)13-78-45(37(71)28(62)20(5-53)85-45)12-77-44(36(70)27(61)19(4-52)84-44)11-76-43(35(69)26(60)18(3-51)83-43)10-75-42(9-57)34(68)25(59)17(2-50)82-42/h16-41,49-74H,1-15H2/t16-,17-,18-,19-,20-,21-,22-,23-,24-,25-,26-,27-,28-,29-,30?,31-,32+,33-,34+,35+,36+,37+,38?,39+,40+,41-,42-,43-,44-,45-,46-,47-,48+/m1/s1. The normalized spacial score (nSPS) is 52.7. The maximum absolute atomic E-state index is 11.8. The van der Waals surface area contributed by atoms with E-state index < -0.39 is 299 Å². The number of aliphatic hydroxyl groups excluding tert-OH is 26. The Labute approximate surface area is 501 Å². The van der Waals surface area contributed by atoms with Crippen molar-refractivity contribution in [2.24, 2.45) is 0 Å². The molecule has 26 N–H and O–H groups in total. The number of hydrogen-bond donors (Lipinski definition) is 26. The molecule has 2 unspecified atom stereocenters. The van der Waals surface area contributed by atoms with Crippen LogP contribution in [0.3, 0.4) is 0 Å². The Morgan fingerprint density at radius 1 is 0.225 bits per heavy atom. The third kappa shape index (κ3) is 13.0. The van der Waals surface area contributed by atoms with Crippen LogP contribution in [-0.4, -0.2) is 431 Å². The summed E-state index contributed by atoms with van der Waals surface area (Å²) < 4.78 is 86.8. The van der Waals surface area contributed by atoms with E-state index >= 15 is 0 Å². The van der Waals surface area contributed by atoms with E-state index in [9.17, 15) is 133 Å². The molecule has 8 rings (SSSR count). The Bertz CT molecular complexity index is 2260. The first-order valence-corrected chi connectivity index (χ1v) is 27.9. The van der Waals surface area contributed by atoms with Gasteiger partial charge in [-0.25, -0.2) is 0 Å². The van der Waals surface area contributed by atoms with Gasteiger partial charge in [0, 0.05) is 0 Å². The molecule has 41 nitrogen and oxygen atoms in total. The fourth-order valence-electron chi connectivity index (χ4n) is 11.7. The van der Waals surface area contributed by atoms with Crippen molar-refractivity contribution >= 4 is 0 Å². The second-order valence-electron chi connectivity index (χ2n) is 22.8. The van der Waals surface area contributed by atoms with Gasteiger partial charge in [-0.2, -0.15) is 0 Å². The van der Waals surface area contributed by atoms with Crippen LogP contribution in [0.2, 0.25) is 0 Å². The van der Waals surface area contributed by atoms with E-state index in [1.165, 1.54) is 0 Å². The molecule has 0 amide bonds. The molecular weight excluding hydrogens is 1230 g/mol. The summed E-state index contributed by atoms with van der Waals surface area (Å²) in [6.45, 7) is -18.4. The molecule has 0 aromatic rings. The summed E-state index contributed by atoms with van der Waals surface area (Å²) in [5.74, 6) is -20.7. The third-order valence-electron chi connectivity index (χ3n) is 17.3. The Morgan fingerprint density at radius 3 is 0.663 bits per heavy atom. The average Bonchev–Trinajstić information content (AvgIpc) is 2.12. The summed E-state index contributed by atoms with van der Waals surface area (Å²) in [6.07, 6.45) is -54.4. The van der Waals surface area contributed by atoms with Crippen molar-refractivity contribution in [1.29, 1.82) is 0 Å². The van der Waals surface area contributed by atoms with Gasteiger partial charge in [0.05, 0.1) is 52.9 Å². The monoisotopic (exact) mass is 1310 g/mol. The number of rotatable bonds is 29. The minimum absolute atomic E-state index is 0.932. The van der Waals surface area contributed by atoms with E-state index in [2.05, 4.69) is 0 Å². The van der Waals surface area contributed by atoms with Crippen molar-refractivity contribution in [3.63, 3.8) is 0 Å². The van der Waals surface area contributed by atoms with Gasteiger partial charge < -0.3 is 204 Å². The lowest BCUT2D eigenvalue weighted by molar-refractivity contribution is -0.407. The van der Waals surface area contributed by atoms with E-state index in [0.29, 0.717) is 0 Å². The van der Waals surface area contributed by atoms with Crippen LogP contribution < -0.4 is 0 Å². The van der Waals surface area contributed by atoms with Gasteiger partial charge in [-0.3, -0.25) is 0 Å². The van der Waals surface area contributed by atoms with Gasteiger partial charge in [0.25, 0.3) is 0 Å². The third-order valence-corrected chi connectivity index (χ3v) is 17.3. The molecule has 0 bridgehead atoms. The predicted octanol–water partition coefficient (Wildman–Crippen LogP) is -18.4. The lowest BCUT2D eigenvalue weighted by Gasteiger charge is -2.45. The van der Waals surface area contributed by atoms with E-state index in [4.69, 9.17) is 71.1 Å². The topological polar surface area (TPSA) is 664 Å². The molecule has 0 aromatic carbocycles. The summed E-state index contributed by atoms with van der Waals surface area (Å²) in [4.78, 5) is 0. The van der Waals surface area contributed by atoms with E-state index in [-0.39, 0.29) is 0 Å². The maximum Gasteiger partial charge on any atom is 0.224 e. The van der Waals surface area contributed by atoms with Gasteiger partial charge in [0.2, 0.25) is 40.5 Å². The molecule has 8 fully saturated rings. The maximum atomic E-state index is 11.8. The number of aliphatic hydroxyl groups is 26. The first kappa shape index (κ1) is 73.2. The van der Waals surface area contributed by atoms with Crippen LogP contribution in [0, 0.1) is 0 Å². The Balaban J connectivity index is 1.11. The molecule has 89 heavy (non-hydrogen) atoms. The van der Waals surface area contributed by atoms with Crippen LogP contribution in [0.5, 0.6) is 0 Å².